The predicted molar refractivity (Wildman–Crippen MR) is 228 cm³/mol. The molecule has 8 rings (SSSR count). The van der Waals surface area contributed by atoms with Gasteiger partial charge in [-0.3, -0.25) is 28.3 Å². The number of pyridine rings is 2. The molecule has 0 aliphatic rings. The van der Waals surface area contributed by atoms with Gasteiger partial charge in [-0.15, -0.1) is 0 Å². The molecule has 2 aromatic carbocycles. The number of aryl methyl sites for hydroxylation is 1. The molecule has 0 atom stereocenters. The third-order valence-corrected chi connectivity index (χ3v) is 9.71. The number of halogens is 2. The van der Waals surface area contributed by atoms with E-state index in [0.29, 0.717) is 34.7 Å². The van der Waals surface area contributed by atoms with E-state index in [2.05, 4.69) is 20.6 Å². The number of benzene rings is 2. The molecule has 2 N–H and O–H groups in total. The molecule has 0 unspecified atom stereocenters. The Labute approximate surface area is 349 Å². The molecule has 6 aromatic heterocycles. The summed E-state index contributed by atoms with van der Waals surface area (Å²) in [7, 11) is 3.50. The number of hydrogen-bond acceptors (Lipinski definition) is 6. The van der Waals surface area contributed by atoms with E-state index in [4.69, 9.17) is 23.2 Å². The third kappa shape index (κ3) is 9.70. The summed E-state index contributed by atoms with van der Waals surface area (Å²) in [5, 5.41) is 6.69. The van der Waals surface area contributed by atoms with Gasteiger partial charge in [0.25, 0.3) is 22.9 Å². The molecule has 14 nitrogen and oxygen atoms in total. The summed E-state index contributed by atoms with van der Waals surface area (Å²) in [6.07, 6.45) is 12.2. The Kier molecular flexibility index (Phi) is 12.9. The Balaban J connectivity index is 0.000000195. The van der Waals surface area contributed by atoms with Crippen molar-refractivity contribution in [3.8, 4) is 22.7 Å². The van der Waals surface area contributed by atoms with E-state index in [1.165, 1.54) is 12.1 Å². The average molecular weight is 832 g/mol. The van der Waals surface area contributed by atoms with E-state index in [1.807, 2.05) is 82.2 Å². The topological polar surface area (TPSA) is 148 Å². The quantitative estimate of drug-likeness (QED) is 0.160. The van der Waals surface area contributed by atoms with Crippen molar-refractivity contribution in [2.75, 3.05) is 0 Å². The minimum atomic E-state index is -0.216. The third-order valence-electron chi connectivity index (χ3n) is 9.13. The Morgan fingerprint density at radius 2 is 1.05 bits per heavy atom. The van der Waals surface area contributed by atoms with Crippen LogP contribution in [-0.2, 0) is 27.2 Å². The lowest BCUT2D eigenvalue weighted by atomic mass is 10.2. The van der Waals surface area contributed by atoms with Crippen molar-refractivity contribution in [2.24, 2.45) is 14.1 Å². The number of carbonyl (C=O) groups excluding carboxylic acids is 2. The highest BCUT2D eigenvalue weighted by atomic mass is 35.5. The van der Waals surface area contributed by atoms with Gasteiger partial charge in [-0.2, -0.15) is 0 Å². The molecule has 0 saturated carbocycles. The maximum atomic E-state index is 12.3. The number of carbonyl (C=O) groups is 2. The van der Waals surface area contributed by atoms with Crippen molar-refractivity contribution < 1.29 is 9.59 Å². The van der Waals surface area contributed by atoms with Gasteiger partial charge in [0.05, 0.1) is 42.2 Å². The molecule has 0 spiro atoms. The van der Waals surface area contributed by atoms with Crippen LogP contribution in [0.1, 0.15) is 39.8 Å². The molecule has 0 saturated heterocycles. The van der Waals surface area contributed by atoms with E-state index in [1.54, 1.807) is 93.9 Å². The Bertz CT molecular complexity index is 2680. The first-order valence-electron chi connectivity index (χ1n) is 17.9. The fourth-order valence-electron chi connectivity index (χ4n) is 6.03. The summed E-state index contributed by atoms with van der Waals surface area (Å²) < 4.78 is 10.2. The van der Waals surface area contributed by atoms with Crippen molar-refractivity contribution in [3.05, 3.63) is 200 Å². The molecule has 0 aliphatic heterocycles. The standard InChI is InChI=1S/2C21H18ClN5O2.CH4/c1-25-18(9-10-19(25)22)21(29)23-12-15-13-26(14-24-15)16-5-7-17(8-6-16)27-11-3-2-4-20(27)28;1-25-12-15(22)10-19(25)21(29)23-11-16-13-26(14-24-16)17-5-7-18(8-6-17)27-9-3-2-4-20(27)28;/h2-11,13-14H,12H2,1H3,(H,23,29);2-10,12-14H,11H2,1H3,(H,23,29);1H4. The number of nitrogens with one attached hydrogen (secondary N) is 2. The van der Waals surface area contributed by atoms with Crippen LogP contribution in [-0.4, -0.2) is 49.2 Å². The van der Waals surface area contributed by atoms with Gasteiger partial charge in [0.2, 0.25) is 0 Å². The van der Waals surface area contributed by atoms with Gasteiger partial charge < -0.3 is 28.9 Å². The van der Waals surface area contributed by atoms with E-state index in [0.717, 1.165) is 34.1 Å². The summed E-state index contributed by atoms with van der Waals surface area (Å²) in [5.41, 5.74) is 5.63. The summed E-state index contributed by atoms with van der Waals surface area (Å²) in [4.78, 5) is 57.1. The van der Waals surface area contributed by atoms with Crippen LogP contribution in [0.2, 0.25) is 10.2 Å². The zero-order valence-electron chi connectivity index (χ0n) is 31.2. The van der Waals surface area contributed by atoms with Crippen LogP contribution in [0.15, 0.2) is 156 Å². The largest absolute Gasteiger partial charge is 0.345 e. The van der Waals surface area contributed by atoms with E-state index in [-0.39, 0.29) is 30.4 Å². The maximum absolute atomic E-state index is 12.3. The van der Waals surface area contributed by atoms with Crippen LogP contribution in [0.5, 0.6) is 0 Å². The number of aromatic nitrogens is 8. The highest BCUT2D eigenvalue weighted by molar-refractivity contribution is 6.31. The molecule has 16 heteroatoms. The van der Waals surface area contributed by atoms with Crippen molar-refractivity contribution in [1.82, 2.24) is 48.0 Å². The fourth-order valence-corrected chi connectivity index (χ4v) is 6.44. The molecule has 0 fully saturated rings. The second-order valence-electron chi connectivity index (χ2n) is 13.0. The van der Waals surface area contributed by atoms with Gasteiger partial charge in [0, 0.05) is 80.0 Å². The SMILES string of the molecule is C.Cn1c(Cl)ccc1C(=O)NCc1cn(-c2ccc(-n3ccccc3=O)cc2)cn1.Cn1cc(Cl)cc1C(=O)NCc1cn(-c2ccc(-n3ccccc3=O)cc2)cn1. The lowest BCUT2D eigenvalue weighted by Gasteiger charge is -2.07. The summed E-state index contributed by atoms with van der Waals surface area (Å²) in [6, 6.07) is 30.2. The van der Waals surface area contributed by atoms with Crippen LogP contribution in [0.4, 0.5) is 0 Å². The molecule has 300 valence electrons. The predicted octanol–water partition coefficient (Wildman–Crippen LogP) is 6.53. The van der Waals surface area contributed by atoms with E-state index < -0.39 is 0 Å². The van der Waals surface area contributed by atoms with Crippen LogP contribution in [0, 0.1) is 0 Å². The molecule has 2 amide bonds. The smallest absolute Gasteiger partial charge is 0.268 e. The van der Waals surface area contributed by atoms with Crippen LogP contribution in [0.3, 0.4) is 0 Å². The van der Waals surface area contributed by atoms with Gasteiger partial charge in [-0.1, -0.05) is 42.8 Å². The van der Waals surface area contributed by atoms with Crippen molar-refractivity contribution in [2.45, 2.75) is 20.5 Å². The van der Waals surface area contributed by atoms with E-state index in [9.17, 15) is 19.2 Å². The molecule has 0 aliphatic carbocycles. The minimum Gasteiger partial charge on any atom is -0.345 e. The normalized spacial score (nSPS) is 10.6. The van der Waals surface area contributed by atoms with E-state index >= 15 is 0 Å². The molecular weight excluding hydrogens is 791 g/mol. The highest BCUT2D eigenvalue weighted by Gasteiger charge is 2.13. The number of amides is 2. The molecular formula is C43H40Cl2N10O4. The number of nitrogens with zero attached hydrogens (tertiary/aromatic N) is 8. The Morgan fingerprint density at radius 1 is 0.593 bits per heavy atom. The first-order chi connectivity index (χ1) is 28.0. The first-order valence-corrected chi connectivity index (χ1v) is 18.6. The van der Waals surface area contributed by atoms with Crippen LogP contribution < -0.4 is 21.8 Å². The Morgan fingerprint density at radius 3 is 1.46 bits per heavy atom. The van der Waals surface area contributed by atoms with Gasteiger partial charge in [0.15, 0.2) is 0 Å². The number of hydrogen-bond donors (Lipinski definition) is 2. The van der Waals surface area contributed by atoms with Gasteiger partial charge in [0.1, 0.15) is 16.5 Å². The maximum Gasteiger partial charge on any atom is 0.268 e. The molecule has 0 bridgehead atoms. The molecule has 0 radical (unpaired) electrons. The average Bonchev–Trinajstić information content (AvgIpc) is 4.05. The summed E-state index contributed by atoms with van der Waals surface area (Å²) >= 11 is 11.9. The van der Waals surface area contributed by atoms with Crippen molar-refractivity contribution in [3.63, 3.8) is 0 Å². The number of imidazole rings is 2. The minimum absolute atomic E-state index is 0. The molecule has 59 heavy (non-hydrogen) atoms. The second-order valence-corrected chi connectivity index (χ2v) is 13.8. The van der Waals surface area contributed by atoms with Crippen LogP contribution >= 0.6 is 23.2 Å². The van der Waals surface area contributed by atoms with Gasteiger partial charge in [-0.25, -0.2) is 9.97 Å². The monoisotopic (exact) mass is 830 g/mol. The lowest BCUT2D eigenvalue weighted by Crippen LogP contribution is -2.25. The fraction of sp³-hybridized carbons (Fsp3) is 0.116. The Hall–Kier alpha value is -7.16. The summed E-state index contributed by atoms with van der Waals surface area (Å²) in [5.74, 6) is -0.432. The molecule has 6 heterocycles. The number of rotatable bonds is 10. The zero-order chi connectivity index (χ0) is 40.8. The van der Waals surface area contributed by atoms with Crippen LogP contribution in [0.25, 0.3) is 22.7 Å². The van der Waals surface area contributed by atoms with Gasteiger partial charge in [-0.05, 0) is 78.9 Å². The van der Waals surface area contributed by atoms with Gasteiger partial charge >= 0.3 is 0 Å². The van der Waals surface area contributed by atoms with Crippen molar-refractivity contribution >= 4 is 35.0 Å². The second kappa shape index (κ2) is 18.4. The zero-order valence-corrected chi connectivity index (χ0v) is 32.7. The highest BCUT2D eigenvalue weighted by Crippen LogP contribution is 2.16. The molecule has 8 aromatic rings. The lowest BCUT2D eigenvalue weighted by molar-refractivity contribution is 0.0934. The summed E-state index contributed by atoms with van der Waals surface area (Å²) in [6.45, 7) is 0.595. The van der Waals surface area contributed by atoms with Crippen molar-refractivity contribution in [1.29, 1.82) is 0 Å². The first kappa shape index (κ1) is 41.5.